The Hall–Kier alpha value is -2.20. The highest BCUT2D eigenvalue weighted by atomic mass is 35.5. The predicted octanol–water partition coefficient (Wildman–Crippen LogP) is 4.10. The fraction of sp³-hybridized carbons (Fsp3) is 0.133. The Morgan fingerprint density at radius 1 is 1.30 bits per heavy atom. The summed E-state index contributed by atoms with van der Waals surface area (Å²) >= 11 is 6.21. The summed E-state index contributed by atoms with van der Waals surface area (Å²) in [5.74, 6) is 1.52. The zero-order valence-corrected chi connectivity index (χ0v) is 11.6. The number of halogens is 1. The van der Waals surface area contributed by atoms with E-state index in [1.807, 2.05) is 30.3 Å². The molecule has 0 saturated carbocycles. The van der Waals surface area contributed by atoms with Gasteiger partial charge in [0.05, 0.1) is 18.8 Å². The summed E-state index contributed by atoms with van der Waals surface area (Å²) in [6.45, 7) is 0.528. The number of hydrogen-bond donors (Lipinski definition) is 1. The van der Waals surface area contributed by atoms with Gasteiger partial charge in [-0.15, -0.1) is 0 Å². The largest absolute Gasteiger partial charge is 0.496 e. The lowest BCUT2D eigenvalue weighted by atomic mass is 10.2. The Balaban J connectivity index is 1.88. The van der Waals surface area contributed by atoms with Gasteiger partial charge in [-0.25, -0.2) is 4.98 Å². The number of benzene rings is 1. The molecule has 5 heteroatoms. The molecule has 20 heavy (non-hydrogen) atoms. The van der Waals surface area contributed by atoms with Gasteiger partial charge in [0.25, 0.3) is 0 Å². The van der Waals surface area contributed by atoms with Gasteiger partial charge in [0.1, 0.15) is 17.2 Å². The topological polar surface area (TPSA) is 47.3 Å². The van der Waals surface area contributed by atoms with E-state index < -0.39 is 0 Å². The standard InChI is InChI=1S/C15H13ClN2O2/c1-19-13-4-2-3-12(16)11(13)9-18-15-10-6-8-20-14(10)5-7-17-15/h2-8H,9H2,1H3,(H,17,18). The maximum Gasteiger partial charge on any atom is 0.139 e. The zero-order valence-electron chi connectivity index (χ0n) is 10.9. The Morgan fingerprint density at radius 2 is 2.20 bits per heavy atom. The smallest absolute Gasteiger partial charge is 0.139 e. The molecule has 0 aliphatic carbocycles. The average Bonchev–Trinajstić information content (AvgIpc) is 2.94. The van der Waals surface area contributed by atoms with Crippen molar-refractivity contribution in [2.45, 2.75) is 6.54 Å². The van der Waals surface area contributed by atoms with Crippen molar-refractivity contribution in [2.75, 3.05) is 12.4 Å². The van der Waals surface area contributed by atoms with E-state index in [9.17, 15) is 0 Å². The number of nitrogens with zero attached hydrogens (tertiary/aromatic N) is 1. The van der Waals surface area contributed by atoms with Crippen LogP contribution in [-0.4, -0.2) is 12.1 Å². The van der Waals surface area contributed by atoms with Gasteiger partial charge >= 0.3 is 0 Å². The summed E-state index contributed by atoms with van der Waals surface area (Å²) in [4.78, 5) is 4.32. The van der Waals surface area contributed by atoms with Crippen molar-refractivity contribution in [3.63, 3.8) is 0 Å². The van der Waals surface area contributed by atoms with E-state index in [4.69, 9.17) is 20.8 Å². The molecule has 2 heterocycles. The van der Waals surface area contributed by atoms with Gasteiger partial charge < -0.3 is 14.5 Å². The van der Waals surface area contributed by atoms with E-state index in [1.165, 1.54) is 0 Å². The van der Waals surface area contributed by atoms with Crippen molar-refractivity contribution in [2.24, 2.45) is 0 Å². The van der Waals surface area contributed by atoms with E-state index in [1.54, 1.807) is 19.6 Å². The third-order valence-corrected chi connectivity index (χ3v) is 3.46. The second kappa shape index (κ2) is 5.43. The molecule has 1 N–H and O–H groups in total. The van der Waals surface area contributed by atoms with Crippen molar-refractivity contribution < 1.29 is 9.15 Å². The van der Waals surface area contributed by atoms with Gasteiger partial charge in [-0.3, -0.25) is 0 Å². The Labute approximate surface area is 121 Å². The van der Waals surface area contributed by atoms with Gasteiger partial charge in [-0.05, 0) is 24.3 Å². The number of fused-ring (bicyclic) bond motifs is 1. The second-order valence-electron chi connectivity index (χ2n) is 4.27. The summed E-state index contributed by atoms with van der Waals surface area (Å²) < 4.78 is 10.7. The van der Waals surface area contributed by atoms with Crippen molar-refractivity contribution in [1.82, 2.24) is 4.98 Å². The summed E-state index contributed by atoms with van der Waals surface area (Å²) in [6, 6.07) is 9.30. The first-order chi connectivity index (χ1) is 9.79. The number of furan rings is 1. The van der Waals surface area contributed by atoms with Crippen LogP contribution in [0.4, 0.5) is 5.82 Å². The number of methoxy groups -OCH3 is 1. The van der Waals surface area contributed by atoms with E-state index in [-0.39, 0.29) is 0 Å². The lowest BCUT2D eigenvalue weighted by Gasteiger charge is -2.12. The number of nitrogens with one attached hydrogen (secondary N) is 1. The minimum absolute atomic E-state index is 0.528. The van der Waals surface area contributed by atoms with Crippen LogP contribution >= 0.6 is 11.6 Å². The molecule has 0 fully saturated rings. The summed E-state index contributed by atoms with van der Waals surface area (Å²) in [6.07, 6.45) is 3.35. The van der Waals surface area contributed by atoms with Gasteiger partial charge in [-0.1, -0.05) is 17.7 Å². The molecule has 3 rings (SSSR count). The van der Waals surface area contributed by atoms with Crippen LogP contribution < -0.4 is 10.1 Å². The fourth-order valence-corrected chi connectivity index (χ4v) is 2.34. The Morgan fingerprint density at radius 3 is 3.05 bits per heavy atom. The maximum atomic E-state index is 6.21. The molecule has 1 aromatic carbocycles. The minimum Gasteiger partial charge on any atom is -0.496 e. The number of hydrogen-bond acceptors (Lipinski definition) is 4. The molecule has 3 aromatic rings. The Kier molecular flexibility index (Phi) is 3.48. The molecule has 0 aliphatic heterocycles. The predicted molar refractivity (Wildman–Crippen MR) is 79.3 cm³/mol. The first kappa shape index (κ1) is 12.8. The van der Waals surface area contributed by atoms with Crippen molar-refractivity contribution in [3.05, 3.63) is 53.4 Å². The molecular formula is C15H13ClN2O2. The van der Waals surface area contributed by atoms with Crippen molar-refractivity contribution in [3.8, 4) is 5.75 Å². The number of ether oxygens (including phenoxy) is 1. The van der Waals surface area contributed by atoms with Crippen LogP contribution in [0.3, 0.4) is 0 Å². The van der Waals surface area contributed by atoms with Crippen LogP contribution in [0.15, 0.2) is 47.2 Å². The molecule has 0 unspecified atom stereocenters. The normalized spacial score (nSPS) is 10.7. The molecule has 4 nitrogen and oxygen atoms in total. The fourth-order valence-electron chi connectivity index (χ4n) is 2.11. The van der Waals surface area contributed by atoms with Gasteiger partial charge in [0, 0.05) is 23.3 Å². The van der Waals surface area contributed by atoms with Crippen LogP contribution in [0, 0.1) is 0 Å². The number of anilines is 1. The third kappa shape index (κ3) is 2.30. The molecular weight excluding hydrogens is 276 g/mol. The van der Waals surface area contributed by atoms with Crippen LogP contribution in [0.1, 0.15) is 5.56 Å². The van der Waals surface area contributed by atoms with Crippen LogP contribution in [0.2, 0.25) is 5.02 Å². The van der Waals surface area contributed by atoms with Crippen LogP contribution in [-0.2, 0) is 6.54 Å². The van der Waals surface area contributed by atoms with Crippen molar-refractivity contribution >= 4 is 28.4 Å². The molecule has 0 aliphatic rings. The highest BCUT2D eigenvalue weighted by Crippen LogP contribution is 2.28. The molecule has 0 amide bonds. The van der Waals surface area contributed by atoms with Crippen LogP contribution in [0.25, 0.3) is 11.0 Å². The molecule has 0 atom stereocenters. The summed E-state index contributed by atoms with van der Waals surface area (Å²) in [5, 5.41) is 4.88. The number of aromatic nitrogens is 1. The number of pyridine rings is 1. The zero-order chi connectivity index (χ0) is 13.9. The summed E-state index contributed by atoms with van der Waals surface area (Å²) in [7, 11) is 1.63. The lowest BCUT2D eigenvalue weighted by Crippen LogP contribution is -2.04. The lowest BCUT2D eigenvalue weighted by molar-refractivity contribution is 0.410. The van der Waals surface area contributed by atoms with E-state index in [0.717, 1.165) is 28.1 Å². The quantitative estimate of drug-likeness (QED) is 0.785. The van der Waals surface area contributed by atoms with Crippen LogP contribution in [0.5, 0.6) is 5.75 Å². The molecule has 0 spiro atoms. The van der Waals surface area contributed by atoms with E-state index in [0.29, 0.717) is 11.6 Å². The first-order valence-corrected chi connectivity index (χ1v) is 6.55. The molecule has 0 bridgehead atoms. The first-order valence-electron chi connectivity index (χ1n) is 6.17. The van der Waals surface area contributed by atoms with Gasteiger partial charge in [-0.2, -0.15) is 0 Å². The van der Waals surface area contributed by atoms with E-state index in [2.05, 4.69) is 10.3 Å². The van der Waals surface area contributed by atoms with Gasteiger partial charge in [0.2, 0.25) is 0 Å². The second-order valence-corrected chi connectivity index (χ2v) is 4.67. The molecule has 2 aromatic heterocycles. The highest BCUT2D eigenvalue weighted by molar-refractivity contribution is 6.31. The SMILES string of the molecule is COc1cccc(Cl)c1CNc1nccc2occc12. The highest BCUT2D eigenvalue weighted by Gasteiger charge is 2.09. The molecule has 0 saturated heterocycles. The molecule has 102 valence electrons. The monoisotopic (exact) mass is 288 g/mol. The van der Waals surface area contributed by atoms with Crippen molar-refractivity contribution in [1.29, 1.82) is 0 Å². The minimum atomic E-state index is 0.528. The third-order valence-electron chi connectivity index (χ3n) is 3.11. The molecule has 0 radical (unpaired) electrons. The Bertz CT molecular complexity index is 740. The van der Waals surface area contributed by atoms with E-state index >= 15 is 0 Å². The summed E-state index contributed by atoms with van der Waals surface area (Å²) in [5.41, 5.74) is 1.70. The maximum absolute atomic E-state index is 6.21. The average molecular weight is 289 g/mol. The van der Waals surface area contributed by atoms with Gasteiger partial charge in [0.15, 0.2) is 0 Å². The number of rotatable bonds is 4.